The Hall–Kier alpha value is -0.180. The van der Waals surface area contributed by atoms with Gasteiger partial charge in [0.25, 0.3) is 0 Å². The van der Waals surface area contributed by atoms with Gasteiger partial charge in [-0.15, -0.1) is 0 Å². The van der Waals surface area contributed by atoms with Crippen LogP contribution in [-0.4, -0.2) is 23.0 Å². The summed E-state index contributed by atoms with van der Waals surface area (Å²) in [5.41, 5.74) is 0.684. The molecule has 0 saturated heterocycles. The van der Waals surface area contributed by atoms with Crippen LogP contribution >= 0.6 is 11.8 Å². The van der Waals surface area contributed by atoms with E-state index in [1.165, 1.54) is 6.42 Å². The third-order valence-electron chi connectivity index (χ3n) is 3.20. The first-order valence-electron chi connectivity index (χ1n) is 6.55. The third-order valence-corrected chi connectivity index (χ3v) is 4.32. The van der Waals surface area contributed by atoms with Gasteiger partial charge in [0.15, 0.2) is 5.17 Å². The highest BCUT2D eigenvalue weighted by molar-refractivity contribution is 8.14. The highest BCUT2D eigenvalue weighted by Crippen LogP contribution is 2.32. The normalized spacial score (nSPS) is 23.5. The molecule has 0 radical (unpaired) electrons. The molecule has 1 aliphatic rings. The Kier molecular flexibility index (Phi) is 4.56. The largest absolute Gasteiger partial charge is 0.362 e. The number of thioether (sulfide) groups is 1. The first-order valence-corrected chi connectivity index (χ1v) is 7.43. The highest BCUT2D eigenvalue weighted by atomic mass is 32.2. The van der Waals surface area contributed by atoms with Crippen LogP contribution in [0.5, 0.6) is 0 Å². The van der Waals surface area contributed by atoms with Crippen molar-refractivity contribution in [2.75, 3.05) is 6.54 Å². The molecule has 1 heterocycles. The number of nitrogens with zero attached hydrogens (tertiary/aromatic N) is 1. The summed E-state index contributed by atoms with van der Waals surface area (Å²) in [5.74, 6) is 0. The standard InChI is InChI=1S/C14H28N2S/c1-10(14(5,6)7)16-12-15-9-11(17-12)8-13(2,3)4/h10-11H,8-9H2,1-7H3,(H,15,16). The maximum Gasteiger partial charge on any atom is 0.157 e. The third kappa shape index (κ3) is 5.33. The molecule has 0 amide bonds. The van der Waals surface area contributed by atoms with Crippen LogP contribution in [0.1, 0.15) is 54.9 Å². The molecule has 0 bridgehead atoms. The van der Waals surface area contributed by atoms with Crippen LogP contribution < -0.4 is 5.32 Å². The molecule has 17 heavy (non-hydrogen) atoms. The van der Waals surface area contributed by atoms with E-state index in [2.05, 4.69) is 58.8 Å². The lowest BCUT2D eigenvalue weighted by Crippen LogP contribution is -2.40. The van der Waals surface area contributed by atoms with Crippen LogP contribution in [0.15, 0.2) is 4.99 Å². The van der Waals surface area contributed by atoms with Crippen LogP contribution in [0.2, 0.25) is 0 Å². The lowest BCUT2D eigenvalue weighted by atomic mass is 9.88. The first kappa shape index (κ1) is 14.9. The second-order valence-electron chi connectivity index (χ2n) is 7.38. The Morgan fingerprint density at radius 3 is 2.35 bits per heavy atom. The van der Waals surface area contributed by atoms with Crippen LogP contribution in [0.25, 0.3) is 0 Å². The monoisotopic (exact) mass is 256 g/mol. The quantitative estimate of drug-likeness (QED) is 0.810. The van der Waals surface area contributed by atoms with Gasteiger partial charge >= 0.3 is 0 Å². The molecule has 1 aliphatic heterocycles. The predicted octanol–water partition coefficient (Wildman–Crippen LogP) is 3.92. The van der Waals surface area contributed by atoms with E-state index < -0.39 is 0 Å². The van der Waals surface area contributed by atoms with Gasteiger partial charge < -0.3 is 5.32 Å². The first-order chi connectivity index (χ1) is 7.58. The maximum absolute atomic E-state index is 4.62. The van der Waals surface area contributed by atoms with Crippen LogP contribution in [0.3, 0.4) is 0 Å². The second-order valence-corrected chi connectivity index (χ2v) is 8.67. The summed E-state index contributed by atoms with van der Waals surface area (Å²) in [6.45, 7) is 16.9. The Morgan fingerprint density at radius 1 is 1.29 bits per heavy atom. The lowest BCUT2D eigenvalue weighted by Gasteiger charge is -2.29. The van der Waals surface area contributed by atoms with Crippen molar-refractivity contribution in [2.45, 2.75) is 66.2 Å². The molecule has 0 spiro atoms. The molecular formula is C14H28N2S. The average Bonchev–Trinajstić information content (AvgIpc) is 2.47. The van der Waals surface area contributed by atoms with Crippen LogP contribution in [-0.2, 0) is 0 Å². The Labute approximate surface area is 111 Å². The molecule has 0 aromatic carbocycles. The van der Waals surface area contributed by atoms with E-state index >= 15 is 0 Å². The smallest absolute Gasteiger partial charge is 0.157 e. The number of hydrogen-bond acceptors (Lipinski definition) is 3. The fourth-order valence-electron chi connectivity index (χ4n) is 1.69. The highest BCUT2D eigenvalue weighted by Gasteiger charge is 2.27. The number of nitrogens with one attached hydrogen (secondary N) is 1. The maximum atomic E-state index is 4.62. The molecule has 0 saturated carbocycles. The molecule has 1 rings (SSSR count). The van der Waals surface area contributed by atoms with E-state index in [9.17, 15) is 0 Å². The number of rotatable bonds is 2. The molecule has 100 valence electrons. The van der Waals surface area contributed by atoms with Crippen molar-refractivity contribution in [3.05, 3.63) is 0 Å². The van der Waals surface area contributed by atoms with E-state index in [1.807, 2.05) is 11.8 Å². The van der Waals surface area contributed by atoms with E-state index in [1.54, 1.807) is 0 Å². The summed E-state index contributed by atoms with van der Waals surface area (Å²) in [6, 6.07) is 0.460. The molecular weight excluding hydrogens is 228 g/mol. The SMILES string of the molecule is CC(NC1=NCC(CC(C)(C)C)S1)C(C)(C)C. The molecule has 2 unspecified atom stereocenters. The molecule has 0 fully saturated rings. The zero-order valence-corrected chi connectivity index (χ0v) is 13.2. The molecule has 0 aromatic rings. The fourth-order valence-corrected chi connectivity index (χ4v) is 3.13. The van der Waals surface area contributed by atoms with E-state index in [0.29, 0.717) is 16.7 Å². The average molecular weight is 256 g/mol. The number of hydrogen-bond donors (Lipinski definition) is 1. The summed E-state index contributed by atoms with van der Waals surface area (Å²) in [7, 11) is 0. The van der Waals surface area contributed by atoms with Gasteiger partial charge in [-0.3, -0.25) is 4.99 Å². The van der Waals surface area contributed by atoms with Gasteiger partial charge in [0.2, 0.25) is 0 Å². The Bertz CT molecular complexity index is 284. The van der Waals surface area contributed by atoms with E-state index in [4.69, 9.17) is 0 Å². The Balaban J connectivity index is 2.41. The van der Waals surface area contributed by atoms with Gasteiger partial charge in [0.05, 0.1) is 6.54 Å². The molecule has 3 heteroatoms. The minimum absolute atomic E-state index is 0.283. The summed E-state index contributed by atoms with van der Waals surface area (Å²) < 4.78 is 0. The Morgan fingerprint density at radius 2 is 1.88 bits per heavy atom. The molecule has 1 N–H and O–H groups in total. The molecule has 2 atom stereocenters. The van der Waals surface area contributed by atoms with Crippen molar-refractivity contribution in [1.82, 2.24) is 5.32 Å². The molecule has 2 nitrogen and oxygen atoms in total. The molecule has 0 aromatic heterocycles. The van der Waals surface area contributed by atoms with E-state index in [0.717, 1.165) is 11.7 Å². The van der Waals surface area contributed by atoms with Gasteiger partial charge in [-0.05, 0) is 24.2 Å². The van der Waals surface area contributed by atoms with Crippen molar-refractivity contribution < 1.29 is 0 Å². The minimum atomic E-state index is 0.283. The second kappa shape index (κ2) is 5.21. The van der Waals surface area contributed by atoms with Gasteiger partial charge in [-0.2, -0.15) is 0 Å². The lowest BCUT2D eigenvalue weighted by molar-refractivity contribution is 0.317. The van der Waals surface area contributed by atoms with Crippen molar-refractivity contribution >= 4 is 16.9 Å². The zero-order valence-electron chi connectivity index (χ0n) is 12.4. The van der Waals surface area contributed by atoms with Crippen LogP contribution in [0.4, 0.5) is 0 Å². The van der Waals surface area contributed by atoms with Crippen molar-refractivity contribution in [3.63, 3.8) is 0 Å². The minimum Gasteiger partial charge on any atom is -0.362 e. The summed E-state index contributed by atoms with van der Waals surface area (Å²) in [6.07, 6.45) is 1.23. The van der Waals surface area contributed by atoms with Crippen LogP contribution in [0, 0.1) is 10.8 Å². The predicted molar refractivity (Wildman–Crippen MR) is 79.8 cm³/mol. The fraction of sp³-hybridized carbons (Fsp3) is 0.929. The van der Waals surface area contributed by atoms with Crippen molar-refractivity contribution in [3.8, 4) is 0 Å². The number of amidine groups is 1. The van der Waals surface area contributed by atoms with Gasteiger partial charge in [-0.25, -0.2) is 0 Å². The van der Waals surface area contributed by atoms with Crippen molar-refractivity contribution in [2.24, 2.45) is 15.8 Å². The number of aliphatic imine (C=N–C) groups is 1. The summed E-state index contributed by atoms with van der Waals surface area (Å²) in [4.78, 5) is 4.62. The van der Waals surface area contributed by atoms with Crippen molar-refractivity contribution in [1.29, 1.82) is 0 Å². The van der Waals surface area contributed by atoms with Gasteiger partial charge in [0.1, 0.15) is 0 Å². The van der Waals surface area contributed by atoms with Gasteiger partial charge in [0, 0.05) is 11.3 Å². The summed E-state index contributed by atoms with van der Waals surface area (Å²) >= 11 is 1.92. The summed E-state index contributed by atoms with van der Waals surface area (Å²) in [5, 5.41) is 5.35. The van der Waals surface area contributed by atoms with Gasteiger partial charge in [-0.1, -0.05) is 53.3 Å². The molecule has 0 aliphatic carbocycles. The zero-order chi connectivity index (χ0) is 13.3. The van der Waals surface area contributed by atoms with E-state index in [-0.39, 0.29) is 5.41 Å². The topological polar surface area (TPSA) is 24.4 Å².